The lowest BCUT2D eigenvalue weighted by Crippen LogP contribution is -2.46. The molecule has 2 amide bonds. The van der Waals surface area contributed by atoms with Gasteiger partial charge in [0.1, 0.15) is 12.6 Å². The number of carbonyl (C=O) groups is 4. The fourth-order valence-electron chi connectivity index (χ4n) is 0.854. The van der Waals surface area contributed by atoms with Crippen molar-refractivity contribution < 1.29 is 29.4 Å². The molecule has 0 aromatic rings. The van der Waals surface area contributed by atoms with E-state index in [0.717, 1.165) is 11.8 Å². The van der Waals surface area contributed by atoms with Crippen LogP contribution in [0.5, 0.6) is 0 Å². The molecular formula is C9H14N2O6S. The van der Waals surface area contributed by atoms with Gasteiger partial charge in [0.05, 0.1) is 0 Å². The summed E-state index contributed by atoms with van der Waals surface area (Å²) in [6.07, 6.45) is -1.11. The maximum absolute atomic E-state index is 11.2. The minimum atomic E-state index is -1.38. The molecule has 0 saturated carbocycles. The summed E-state index contributed by atoms with van der Waals surface area (Å²) in [5.41, 5.74) is 0. The Labute approximate surface area is 107 Å². The Hall–Kier alpha value is -1.77. The van der Waals surface area contributed by atoms with Crippen LogP contribution in [0.15, 0.2) is 0 Å². The van der Waals surface area contributed by atoms with Crippen LogP contribution in [0.3, 0.4) is 0 Å². The highest BCUT2D eigenvalue weighted by atomic mass is 32.2. The molecule has 0 aromatic heterocycles. The van der Waals surface area contributed by atoms with Gasteiger partial charge in [-0.3, -0.25) is 9.59 Å². The largest absolute Gasteiger partial charge is 0.480 e. The second-order valence-corrected chi connectivity index (χ2v) is 4.23. The van der Waals surface area contributed by atoms with Gasteiger partial charge in [-0.15, -0.1) is 0 Å². The highest BCUT2D eigenvalue weighted by Crippen LogP contribution is 2.07. The third-order valence-electron chi connectivity index (χ3n) is 1.73. The molecule has 0 fully saturated rings. The van der Waals surface area contributed by atoms with Crippen molar-refractivity contribution in [1.82, 2.24) is 10.6 Å². The Balaban J connectivity index is 4.18. The highest BCUT2D eigenvalue weighted by molar-refractivity contribution is 8.13. The number of amides is 2. The van der Waals surface area contributed by atoms with Crippen LogP contribution in [0, 0.1) is 0 Å². The van der Waals surface area contributed by atoms with E-state index < -0.39 is 30.6 Å². The minimum absolute atomic E-state index is 0.0964. The van der Waals surface area contributed by atoms with E-state index in [9.17, 15) is 19.2 Å². The molecule has 0 aliphatic heterocycles. The molecule has 9 heteroatoms. The van der Waals surface area contributed by atoms with Crippen LogP contribution in [-0.4, -0.2) is 51.6 Å². The zero-order valence-corrected chi connectivity index (χ0v) is 10.5. The molecule has 0 aromatic carbocycles. The first kappa shape index (κ1) is 16.2. The van der Waals surface area contributed by atoms with E-state index in [1.807, 2.05) is 0 Å². The van der Waals surface area contributed by atoms with Gasteiger partial charge >= 0.3 is 12.1 Å². The molecule has 0 saturated heterocycles. The second kappa shape index (κ2) is 8.34. The van der Waals surface area contributed by atoms with Gasteiger partial charge in [-0.2, -0.15) is 0 Å². The van der Waals surface area contributed by atoms with Crippen molar-refractivity contribution in [2.24, 2.45) is 0 Å². The number of rotatable bonds is 7. The standard InChI is InChI=1S/C9H14N2O6S/c1-2-7(13)18-4-5(8(14)15)11-6(12)3-10-9(16)17/h5,10H,2-4H2,1H3,(H,11,12)(H,14,15)(H,16,17)/t5-/m0/s1. The number of carbonyl (C=O) groups excluding carboxylic acids is 2. The summed E-state index contributed by atoms with van der Waals surface area (Å²) in [6, 6.07) is -1.23. The molecule has 0 rings (SSSR count). The van der Waals surface area contributed by atoms with E-state index >= 15 is 0 Å². The fourth-order valence-corrected chi connectivity index (χ4v) is 1.64. The van der Waals surface area contributed by atoms with Crippen molar-refractivity contribution in [3.8, 4) is 0 Å². The molecule has 102 valence electrons. The first-order chi connectivity index (χ1) is 8.36. The van der Waals surface area contributed by atoms with Gasteiger partial charge in [0, 0.05) is 12.2 Å². The van der Waals surface area contributed by atoms with Crippen molar-refractivity contribution in [2.75, 3.05) is 12.3 Å². The zero-order valence-electron chi connectivity index (χ0n) is 9.63. The van der Waals surface area contributed by atoms with Crippen LogP contribution in [0.25, 0.3) is 0 Å². The van der Waals surface area contributed by atoms with Crippen LogP contribution in [0.1, 0.15) is 13.3 Å². The molecule has 0 unspecified atom stereocenters. The summed E-state index contributed by atoms with van der Waals surface area (Å²) in [4.78, 5) is 43.1. The Morgan fingerprint density at radius 2 is 1.83 bits per heavy atom. The van der Waals surface area contributed by atoms with E-state index in [-0.39, 0.29) is 17.3 Å². The maximum atomic E-state index is 11.2. The predicted octanol–water partition coefficient (Wildman–Crippen LogP) is -0.507. The Morgan fingerprint density at radius 3 is 2.28 bits per heavy atom. The number of hydrogen-bond donors (Lipinski definition) is 4. The van der Waals surface area contributed by atoms with Gasteiger partial charge in [0.25, 0.3) is 0 Å². The molecule has 0 spiro atoms. The number of hydrogen-bond acceptors (Lipinski definition) is 5. The Bertz CT molecular complexity index is 346. The highest BCUT2D eigenvalue weighted by Gasteiger charge is 2.21. The molecule has 0 radical (unpaired) electrons. The zero-order chi connectivity index (χ0) is 14.1. The molecule has 1 atom stereocenters. The fraction of sp³-hybridized carbons (Fsp3) is 0.556. The second-order valence-electron chi connectivity index (χ2n) is 3.15. The van der Waals surface area contributed by atoms with Gasteiger partial charge in [-0.25, -0.2) is 9.59 Å². The number of carboxylic acid groups (broad SMARTS) is 2. The average Bonchev–Trinajstić information content (AvgIpc) is 2.30. The number of aliphatic carboxylic acids is 1. The summed E-state index contributed by atoms with van der Waals surface area (Å²) in [6.45, 7) is 1.10. The van der Waals surface area contributed by atoms with Crippen molar-refractivity contribution in [2.45, 2.75) is 19.4 Å². The lowest BCUT2D eigenvalue weighted by atomic mass is 10.3. The Morgan fingerprint density at radius 1 is 1.22 bits per heavy atom. The van der Waals surface area contributed by atoms with Crippen LogP contribution in [-0.2, 0) is 14.4 Å². The molecule has 0 aliphatic rings. The first-order valence-electron chi connectivity index (χ1n) is 5.01. The van der Waals surface area contributed by atoms with Gasteiger partial charge < -0.3 is 20.8 Å². The van der Waals surface area contributed by atoms with Crippen LogP contribution in [0.2, 0.25) is 0 Å². The topological polar surface area (TPSA) is 133 Å². The van der Waals surface area contributed by atoms with Crippen molar-refractivity contribution >= 4 is 34.8 Å². The monoisotopic (exact) mass is 278 g/mol. The quantitative estimate of drug-likeness (QED) is 0.493. The van der Waals surface area contributed by atoms with E-state index in [4.69, 9.17) is 10.2 Å². The van der Waals surface area contributed by atoms with Gasteiger partial charge in [0.2, 0.25) is 5.91 Å². The van der Waals surface area contributed by atoms with E-state index in [2.05, 4.69) is 5.32 Å². The third-order valence-corrected chi connectivity index (χ3v) is 2.84. The van der Waals surface area contributed by atoms with E-state index in [1.54, 1.807) is 12.2 Å². The SMILES string of the molecule is CCC(=O)SC[C@H](NC(=O)CNC(=O)O)C(=O)O. The molecule has 0 bridgehead atoms. The summed E-state index contributed by atoms with van der Waals surface area (Å²) in [7, 11) is 0. The van der Waals surface area contributed by atoms with E-state index in [0.29, 0.717) is 0 Å². The molecule has 18 heavy (non-hydrogen) atoms. The molecule has 0 heterocycles. The molecule has 4 N–H and O–H groups in total. The van der Waals surface area contributed by atoms with E-state index in [1.165, 1.54) is 0 Å². The predicted molar refractivity (Wildman–Crippen MR) is 63.4 cm³/mol. The minimum Gasteiger partial charge on any atom is -0.480 e. The number of thioether (sulfide) groups is 1. The normalized spacial score (nSPS) is 11.4. The molecule has 8 nitrogen and oxygen atoms in total. The first-order valence-corrected chi connectivity index (χ1v) is 6.00. The average molecular weight is 278 g/mol. The van der Waals surface area contributed by atoms with Gasteiger partial charge in [-0.1, -0.05) is 18.7 Å². The summed E-state index contributed by atoms with van der Waals surface area (Å²) in [5.74, 6) is -2.15. The Kier molecular flexibility index (Phi) is 7.52. The van der Waals surface area contributed by atoms with Crippen molar-refractivity contribution in [3.05, 3.63) is 0 Å². The number of nitrogens with one attached hydrogen (secondary N) is 2. The molecule has 0 aliphatic carbocycles. The summed E-state index contributed by atoms with van der Waals surface area (Å²) in [5, 5.41) is 20.8. The summed E-state index contributed by atoms with van der Waals surface area (Å²) >= 11 is 0.808. The van der Waals surface area contributed by atoms with Crippen molar-refractivity contribution in [1.29, 1.82) is 0 Å². The lowest BCUT2D eigenvalue weighted by molar-refractivity contribution is -0.140. The van der Waals surface area contributed by atoms with Gasteiger partial charge in [-0.05, 0) is 0 Å². The van der Waals surface area contributed by atoms with Gasteiger partial charge in [0.15, 0.2) is 5.12 Å². The van der Waals surface area contributed by atoms with Crippen LogP contribution in [0.4, 0.5) is 4.79 Å². The van der Waals surface area contributed by atoms with Crippen LogP contribution >= 0.6 is 11.8 Å². The smallest absolute Gasteiger partial charge is 0.405 e. The maximum Gasteiger partial charge on any atom is 0.405 e. The third kappa shape index (κ3) is 7.49. The van der Waals surface area contributed by atoms with Crippen molar-refractivity contribution in [3.63, 3.8) is 0 Å². The van der Waals surface area contributed by atoms with Crippen LogP contribution < -0.4 is 10.6 Å². The lowest BCUT2D eigenvalue weighted by Gasteiger charge is -2.13. The number of carboxylic acids is 1. The molecular weight excluding hydrogens is 264 g/mol. The summed E-state index contributed by atoms with van der Waals surface area (Å²) < 4.78 is 0.